The van der Waals surface area contributed by atoms with Crippen LogP contribution in [0, 0.1) is 0 Å². The van der Waals surface area contributed by atoms with Gasteiger partial charge in [0, 0.05) is 10.2 Å². The maximum Gasteiger partial charge on any atom is 0.256 e. The van der Waals surface area contributed by atoms with E-state index in [2.05, 4.69) is 21.2 Å². The highest BCUT2D eigenvalue weighted by atomic mass is 79.9. The van der Waals surface area contributed by atoms with Crippen LogP contribution in [0.15, 0.2) is 46.9 Å². The number of ether oxygens (including phenoxy) is 2. The Bertz CT molecular complexity index is 653. The van der Waals surface area contributed by atoms with Crippen LogP contribution >= 0.6 is 15.9 Å². The molecule has 0 aromatic heterocycles. The molecule has 0 fully saturated rings. The molecule has 2 aromatic carbocycles. The Morgan fingerprint density at radius 1 is 1.09 bits per heavy atom. The lowest BCUT2D eigenvalue weighted by Gasteiger charge is -2.11. The molecule has 5 heteroatoms. The summed E-state index contributed by atoms with van der Waals surface area (Å²) in [6, 6.07) is 12.5. The van der Waals surface area contributed by atoms with E-state index in [9.17, 15) is 4.79 Å². The van der Waals surface area contributed by atoms with Crippen LogP contribution < -0.4 is 14.8 Å². The fourth-order valence-electron chi connectivity index (χ4n) is 1.89. The van der Waals surface area contributed by atoms with Crippen molar-refractivity contribution < 1.29 is 14.3 Å². The molecular weight excluding hydrogens is 346 g/mol. The molecule has 0 unspecified atom stereocenters. The number of carbonyl (C=O) groups excluding carboxylic acids is 1. The van der Waals surface area contributed by atoms with Crippen molar-refractivity contribution in [3.8, 4) is 11.5 Å². The van der Waals surface area contributed by atoms with E-state index in [1.54, 1.807) is 25.3 Å². The van der Waals surface area contributed by atoms with Crippen molar-refractivity contribution in [1.29, 1.82) is 0 Å². The number of methoxy groups -OCH3 is 1. The summed E-state index contributed by atoms with van der Waals surface area (Å²) in [7, 11) is 1.57. The fraction of sp³-hybridized carbons (Fsp3) is 0.235. The van der Waals surface area contributed by atoms with Gasteiger partial charge in [-0.15, -0.1) is 0 Å². The molecule has 0 aliphatic heterocycles. The normalized spacial score (nSPS) is 10.4. The number of anilines is 1. The van der Waals surface area contributed by atoms with Gasteiger partial charge < -0.3 is 14.8 Å². The van der Waals surface area contributed by atoms with Crippen LogP contribution in [0.25, 0.3) is 0 Å². The second kappa shape index (κ2) is 7.31. The third-order valence-electron chi connectivity index (χ3n) is 2.90. The van der Waals surface area contributed by atoms with Gasteiger partial charge >= 0.3 is 0 Å². The lowest BCUT2D eigenvalue weighted by Crippen LogP contribution is -2.13. The molecule has 0 aliphatic carbocycles. The van der Waals surface area contributed by atoms with Crippen molar-refractivity contribution in [3.05, 3.63) is 52.5 Å². The van der Waals surface area contributed by atoms with Gasteiger partial charge in [0.1, 0.15) is 11.5 Å². The summed E-state index contributed by atoms with van der Waals surface area (Å²) in [6.45, 7) is 3.94. The largest absolute Gasteiger partial charge is 0.497 e. The molecule has 22 heavy (non-hydrogen) atoms. The molecule has 0 atom stereocenters. The summed E-state index contributed by atoms with van der Waals surface area (Å²) in [5.41, 5.74) is 1.22. The summed E-state index contributed by atoms with van der Waals surface area (Å²) < 4.78 is 11.4. The minimum absolute atomic E-state index is 0.119. The lowest BCUT2D eigenvalue weighted by molar-refractivity contribution is 0.102. The van der Waals surface area contributed by atoms with Crippen LogP contribution in [0.3, 0.4) is 0 Å². The Hall–Kier alpha value is -2.01. The second-order valence-electron chi connectivity index (χ2n) is 4.99. The molecule has 0 spiro atoms. The van der Waals surface area contributed by atoms with Gasteiger partial charge in [-0.1, -0.05) is 0 Å². The number of hydrogen-bond acceptors (Lipinski definition) is 3. The van der Waals surface area contributed by atoms with Crippen molar-refractivity contribution in [2.24, 2.45) is 0 Å². The zero-order valence-corrected chi connectivity index (χ0v) is 14.3. The third kappa shape index (κ3) is 4.24. The first-order chi connectivity index (χ1) is 10.5. The zero-order chi connectivity index (χ0) is 16.1. The summed E-state index contributed by atoms with van der Waals surface area (Å²) in [6.07, 6.45) is 0.119. The van der Waals surface area contributed by atoms with Gasteiger partial charge in [0.05, 0.1) is 18.8 Å². The van der Waals surface area contributed by atoms with Crippen molar-refractivity contribution in [1.82, 2.24) is 0 Å². The van der Waals surface area contributed by atoms with Crippen LogP contribution in [-0.4, -0.2) is 19.1 Å². The molecule has 0 bridgehead atoms. The van der Waals surface area contributed by atoms with Crippen LogP contribution in [-0.2, 0) is 0 Å². The van der Waals surface area contributed by atoms with Crippen molar-refractivity contribution in [2.75, 3.05) is 12.4 Å². The molecule has 2 aromatic rings. The number of amides is 1. The van der Waals surface area contributed by atoms with Gasteiger partial charge in [0.2, 0.25) is 0 Å². The van der Waals surface area contributed by atoms with Gasteiger partial charge in [-0.25, -0.2) is 0 Å². The molecule has 0 saturated carbocycles. The van der Waals surface area contributed by atoms with Gasteiger partial charge in [0.25, 0.3) is 5.91 Å². The summed E-state index contributed by atoms with van der Waals surface area (Å²) in [5.74, 6) is 1.20. The summed E-state index contributed by atoms with van der Waals surface area (Å²) in [5, 5.41) is 2.85. The highest BCUT2D eigenvalue weighted by molar-refractivity contribution is 9.10. The van der Waals surface area contributed by atoms with Gasteiger partial charge in [-0.3, -0.25) is 4.79 Å². The van der Waals surface area contributed by atoms with E-state index in [0.29, 0.717) is 21.5 Å². The molecule has 0 radical (unpaired) electrons. The Morgan fingerprint density at radius 3 is 2.32 bits per heavy atom. The Labute approximate surface area is 138 Å². The van der Waals surface area contributed by atoms with Crippen LogP contribution in [0.4, 0.5) is 5.69 Å². The molecule has 1 amide bonds. The zero-order valence-electron chi connectivity index (χ0n) is 12.7. The van der Waals surface area contributed by atoms with E-state index in [0.717, 1.165) is 5.75 Å². The van der Waals surface area contributed by atoms with E-state index in [4.69, 9.17) is 9.47 Å². The minimum atomic E-state index is -0.205. The van der Waals surface area contributed by atoms with Crippen molar-refractivity contribution >= 4 is 27.5 Å². The molecular formula is C17H18BrNO3. The number of carbonyl (C=O) groups is 1. The Morgan fingerprint density at radius 2 is 1.73 bits per heavy atom. The topological polar surface area (TPSA) is 47.6 Å². The second-order valence-corrected chi connectivity index (χ2v) is 5.85. The highest BCUT2D eigenvalue weighted by Crippen LogP contribution is 2.24. The average Bonchev–Trinajstić information content (AvgIpc) is 2.49. The molecule has 116 valence electrons. The quantitative estimate of drug-likeness (QED) is 0.850. The molecule has 0 heterocycles. The number of hydrogen-bond donors (Lipinski definition) is 1. The van der Waals surface area contributed by atoms with Crippen LogP contribution in [0.1, 0.15) is 24.2 Å². The van der Waals surface area contributed by atoms with E-state index in [1.807, 2.05) is 38.1 Å². The number of benzene rings is 2. The van der Waals surface area contributed by atoms with Gasteiger partial charge in [0.15, 0.2) is 0 Å². The van der Waals surface area contributed by atoms with E-state index in [1.165, 1.54) is 0 Å². The van der Waals surface area contributed by atoms with Crippen LogP contribution in [0.5, 0.6) is 11.5 Å². The van der Waals surface area contributed by atoms with E-state index < -0.39 is 0 Å². The smallest absolute Gasteiger partial charge is 0.256 e. The number of nitrogens with one attached hydrogen (secondary N) is 1. The average molecular weight is 364 g/mol. The van der Waals surface area contributed by atoms with Gasteiger partial charge in [-0.2, -0.15) is 0 Å². The molecule has 4 nitrogen and oxygen atoms in total. The highest BCUT2D eigenvalue weighted by Gasteiger charge is 2.12. The Balaban J connectivity index is 2.11. The summed E-state index contributed by atoms with van der Waals surface area (Å²) in [4.78, 5) is 12.3. The van der Waals surface area contributed by atoms with Crippen LogP contribution in [0.2, 0.25) is 0 Å². The first-order valence-corrected chi connectivity index (χ1v) is 7.70. The SMILES string of the molecule is COc1ccc(Br)c(C(=O)Nc2ccc(OC(C)C)cc2)c1. The summed E-state index contributed by atoms with van der Waals surface area (Å²) >= 11 is 3.38. The molecule has 1 N–H and O–H groups in total. The third-order valence-corrected chi connectivity index (χ3v) is 3.59. The first kappa shape index (κ1) is 16.4. The Kier molecular flexibility index (Phi) is 5.44. The molecule has 0 aliphatic rings. The maximum absolute atomic E-state index is 12.3. The number of rotatable bonds is 5. The monoisotopic (exact) mass is 363 g/mol. The predicted octanol–water partition coefficient (Wildman–Crippen LogP) is 4.50. The first-order valence-electron chi connectivity index (χ1n) is 6.91. The van der Waals surface area contributed by atoms with Gasteiger partial charge in [-0.05, 0) is 72.2 Å². The minimum Gasteiger partial charge on any atom is -0.497 e. The number of halogens is 1. The fourth-order valence-corrected chi connectivity index (χ4v) is 2.32. The van der Waals surface area contributed by atoms with Crippen molar-refractivity contribution in [3.63, 3.8) is 0 Å². The van der Waals surface area contributed by atoms with Crippen molar-refractivity contribution in [2.45, 2.75) is 20.0 Å². The maximum atomic E-state index is 12.3. The lowest BCUT2D eigenvalue weighted by atomic mass is 10.2. The molecule has 0 saturated heterocycles. The standard InChI is InChI=1S/C17H18BrNO3/c1-11(2)22-13-6-4-12(5-7-13)19-17(20)15-10-14(21-3)8-9-16(15)18/h4-11H,1-3H3,(H,19,20). The van der Waals surface area contributed by atoms with E-state index >= 15 is 0 Å². The van der Waals surface area contributed by atoms with E-state index in [-0.39, 0.29) is 12.0 Å². The molecule has 2 rings (SSSR count). The predicted molar refractivity (Wildman–Crippen MR) is 90.9 cm³/mol.